The van der Waals surface area contributed by atoms with E-state index >= 15 is 0 Å². The molecule has 4 aromatic rings. The van der Waals surface area contributed by atoms with Gasteiger partial charge in [-0.05, 0) is 44.0 Å². The molecule has 3 aromatic heterocycles. The van der Waals surface area contributed by atoms with Gasteiger partial charge in [0.2, 0.25) is 0 Å². The van der Waals surface area contributed by atoms with E-state index in [0.717, 1.165) is 33.9 Å². The van der Waals surface area contributed by atoms with Crippen LogP contribution in [0.25, 0.3) is 28.0 Å². The molecule has 2 fully saturated rings. The maximum atomic E-state index is 6.37. The molecule has 0 amide bonds. The average molecular weight is 428 g/mol. The molecule has 1 aromatic carbocycles. The van der Waals surface area contributed by atoms with Gasteiger partial charge in [-0.3, -0.25) is 4.98 Å². The number of pyridine rings is 1. The van der Waals surface area contributed by atoms with E-state index in [9.17, 15) is 0 Å². The number of aromatic nitrogens is 4. The Labute approximate surface area is 185 Å². The van der Waals surface area contributed by atoms with Crippen LogP contribution in [-0.4, -0.2) is 37.5 Å². The Hall–Kier alpha value is -3.29. The molecule has 1 saturated heterocycles. The fourth-order valence-electron chi connectivity index (χ4n) is 5.13. The van der Waals surface area contributed by atoms with Gasteiger partial charge >= 0.3 is 0 Å². The molecule has 2 N–H and O–H groups in total. The Morgan fingerprint density at radius 3 is 2.88 bits per heavy atom. The molecule has 4 atom stereocenters. The highest BCUT2D eigenvalue weighted by atomic mass is 16.8. The van der Waals surface area contributed by atoms with Crippen molar-refractivity contribution in [1.82, 2.24) is 19.5 Å². The topological polar surface area (TPSA) is 88.1 Å². The Balaban J connectivity index is 1.34. The van der Waals surface area contributed by atoms with Crippen molar-refractivity contribution in [1.29, 1.82) is 0 Å². The molecule has 4 heterocycles. The average Bonchev–Trinajstić information content (AvgIpc) is 3.44. The van der Waals surface area contributed by atoms with Crippen LogP contribution in [0.1, 0.15) is 31.9 Å². The summed E-state index contributed by atoms with van der Waals surface area (Å²) in [4.78, 5) is 13.1. The molecule has 1 saturated carbocycles. The van der Waals surface area contributed by atoms with Gasteiger partial charge in [-0.1, -0.05) is 30.4 Å². The minimum Gasteiger partial charge on any atom is -0.383 e. The summed E-state index contributed by atoms with van der Waals surface area (Å²) in [6, 6.07) is 12.5. The summed E-state index contributed by atoms with van der Waals surface area (Å²) in [6.45, 7) is 3.96. The fraction of sp³-hybridized carbons (Fsp3) is 0.320. The molecule has 0 spiro atoms. The second-order valence-corrected chi connectivity index (χ2v) is 9.07. The standard InChI is InChI=1S/C25H25N5O2/c1-25(2)31-21-17(8-6-15-5-7-16-4-3-10-27-19(16)12-15)13-20(22(21)32-25)30-11-9-18-23(26)28-14-29-24(18)30/h3-12,14,17,20-22H,13H2,1-2H3,(H2,26,28,29)/b8-6+/t17-,20+,21+,22-/m0/s1. The third-order valence-electron chi connectivity index (χ3n) is 6.54. The van der Waals surface area contributed by atoms with E-state index < -0.39 is 5.79 Å². The van der Waals surface area contributed by atoms with Gasteiger partial charge in [-0.2, -0.15) is 0 Å². The summed E-state index contributed by atoms with van der Waals surface area (Å²) < 4.78 is 14.9. The number of rotatable bonds is 3. The van der Waals surface area contributed by atoms with Crippen molar-refractivity contribution >= 4 is 33.8 Å². The lowest BCUT2D eigenvalue weighted by atomic mass is 10.0. The zero-order chi connectivity index (χ0) is 21.9. The van der Waals surface area contributed by atoms with Crippen LogP contribution < -0.4 is 5.73 Å². The normalized spacial score (nSPS) is 26.9. The first-order valence-corrected chi connectivity index (χ1v) is 10.9. The van der Waals surface area contributed by atoms with Crippen molar-refractivity contribution < 1.29 is 9.47 Å². The first-order valence-electron chi connectivity index (χ1n) is 10.9. The summed E-state index contributed by atoms with van der Waals surface area (Å²) in [5, 5.41) is 2.01. The van der Waals surface area contributed by atoms with Crippen LogP contribution in [0.4, 0.5) is 5.82 Å². The smallest absolute Gasteiger partial charge is 0.163 e. The second kappa shape index (κ2) is 7.12. The quantitative estimate of drug-likeness (QED) is 0.523. The van der Waals surface area contributed by atoms with Gasteiger partial charge in [-0.15, -0.1) is 0 Å². The van der Waals surface area contributed by atoms with Crippen molar-refractivity contribution in [3.05, 3.63) is 66.8 Å². The van der Waals surface area contributed by atoms with Gasteiger partial charge in [0, 0.05) is 23.7 Å². The molecular formula is C25H25N5O2. The number of hydrogen-bond acceptors (Lipinski definition) is 6. The summed E-state index contributed by atoms with van der Waals surface area (Å²) in [5.74, 6) is 0.0839. The van der Waals surface area contributed by atoms with Crippen LogP contribution >= 0.6 is 0 Å². The van der Waals surface area contributed by atoms with Crippen molar-refractivity contribution in [3.8, 4) is 0 Å². The third-order valence-corrected chi connectivity index (χ3v) is 6.54. The molecule has 7 heteroatoms. The van der Waals surface area contributed by atoms with Crippen LogP contribution in [0.3, 0.4) is 0 Å². The lowest BCUT2D eigenvalue weighted by molar-refractivity contribution is -0.158. The minimum atomic E-state index is -0.621. The third kappa shape index (κ3) is 3.16. The number of nitrogens with two attached hydrogens (primary N) is 1. The van der Waals surface area contributed by atoms with Gasteiger partial charge < -0.3 is 19.8 Å². The van der Waals surface area contributed by atoms with Crippen molar-refractivity contribution in [2.45, 2.75) is 44.3 Å². The molecule has 6 rings (SSSR count). The van der Waals surface area contributed by atoms with E-state index in [-0.39, 0.29) is 24.2 Å². The highest BCUT2D eigenvalue weighted by molar-refractivity contribution is 5.86. The van der Waals surface area contributed by atoms with E-state index in [0.29, 0.717) is 5.82 Å². The number of ether oxygens (including phenoxy) is 2. The molecule has 0 bridgehead atoms. The highest BCUT2D eigenvalue weighted by Gasteiger charge is 2.54. The van der Waals surface area contributed by atoms with Crippen molar-refractivity contribution in [3.63, 3.8) is 0 Å². The van der Waals surface area contributed by atoms with E-state index in [1.54, 1.807) is 0 Å². The van der Waals surface area contributed by atoms with Gasteiger partial charge in [0.05, 0.1) is 23.0 Å². The molecule has 162 valence electrons. The van der Waals surface area contributed by atoms with Crippen LogP contribution in [0.15, 0.2) is 61.2 Å². The number of fused-ring (bicyclic) bond motifs is 3. The Bertz CT molecular complexity index is 1340. The summed E-state index contributed by atoms with van der Waals surface area (Å²) in [5.41, 5.74) is 9.01. The van der Waals surface area contributed by atoms with Gasteiger partial charge in [0.1, 0.15) is 23.9 Å². The maximum Gasteiger partial charge on any atom is 0.163 e. The minimum absolute atomic E-state index is 0.0264. The van der Waals surface area contributed by atoms with E-state index in [2.05, 4.69) is 55.9 Å². The zero-order valence-electron chi connectivity index (χ0n) is 18.1. The number of nitrogens with zero attached hydrogens (tertiary/aromatic N) is 4. The highest BCUT2D eigenvalue weighted by Crippen LogP contribution is 2.48. The van der Waals surface area contributed by atoms with Gasteiger partial charge in [0.15, 0.2) is 5.79 Å². The predicted molar refractivity (Wildman–Crippen MR) is 124 cm³/mol. The summed E-state index contributed by atoms with van der Waals surface area (Å²) in [6.07, 6.45) is 10.6. The van der Waals surface area contributed by atoms with Crippen molar-refractivity contribution in [2.24, 2.45) is 5.92 Å². The van der Waals surface area contributed by atoms with E-state index in [1.807, 2.05) is 38.4 Å². The summed E-state index contributed by atoms with van der Waals surface area (Å²) >= 11 is 0. The molecule has 1 aliphatic heterocycles. The molecule has 2 aliphatic rings. The lowest BCUT2D eigenvalue weighted by Crippen LogP contribution is -2.27. The van der Waals surface area contributed by atoms with E-state index in [1.165, 1.54) is 6.33 Å². The molecule has 7 nitrogen and oxygen atoms in total. The monoisotopic (exact) mass is 427 g/mol. The number of nitrogen functional groups attached to an aromatic ring is 1. The van der Waals surface area contributed by atoms with Crippen LogP contribution in [0, 0.1) is 5.92 Å². The first kappa shape index (κ1) is 19.4. The zero-order valence-corrected chi connectivity index (χ0v) is 18.1. The number of benzene rings is 1. The van der Waals surface area contributed by atoms with Gasteiger partial charge in [-0.25, -0.2) is 9.97 Å². The SMILES string of the molecule is CC1(C)O[C@@H]2[C@H](O1)[C@@H](/C=C/c1ccc3cccnc3c1)C[C@H]2n1ccc2c(N)ncnc21. The largest absolute Gasteiger partial charge is 0.383 e. The van der Waals surface area contributed by atoms with Gasteiger partial charge in [0.25, 0.3) is 0 Å². The van der Waals surface area contributed by atoms with Crippen LogP contribution in [0.2, 0.25) is 0 Å². The maximum absolute atomic E-state index is 6.37. The molecule has 0 radical (unpaired) electrons. The van der Waals surface area contributed by atoms with Crippen LogP contribution in [0.5, 0.6) is 0 Å². The molecular weight excluding hydrogens is 402 g/mol. The Morgan fingerprint density at radius 2 is 1.97 bits per heavy atom. The molecule has 32 heavy (non-hydrogen) atoms. The van der Waals surface area contributed by atoms with Crippen LogP contribution in [-0.2, 0) is 9.47 Å². The predicted octanol–water partition coefficient (Wildman–Crippen LogP) is 4.36. The number of hydrogen-bond donors (Lipinski definition) is 1. The summed E-state index contributed by atoms with van der Waals surface area (Å²) in [7, 11) is 0. The Morgan fingerprint density at radius 1 is 1.09 bits per heavy atom. The molecule has 1 aliphatic carbocycles. The molecule has 0 unspecified atom stereocenters. The van der Waals surface area contributed by atoms with E-state index in [4.69, 9.17) is 15.2 Å². The van der Waals surface area contributed by atoms with Crippen molar-refractivity contribution in [2.75, 3.05) is 5.73 Å². The Kier molecular flexibility index (Phi) is 4.31. The first-order chi connectivity index (χ1) is 15.5. The lowest BCUT2D eigenvalue weighted by Gasteiger charge is -2.24. The fourth-order valence-corrected chi connectivity index (χ4v) is 5.13. The number of anilines is 1. The second-order valence-electron chi connectivity index (χ2n) is 9.07.